The van der Waals surface area contributed by atoms with E-state index in [1.807, 2.05) is 31.2 Å². The van der Waals surface area contributed by atoms with Gasteiger partial charge in [0.15, 0.2) is 6.61 Å². The van der Waals surface area contributed by atoms with Crippen LogP contribution in [-0.4, -0.2) is 36.9 Å². The average molecular weight is 355 g/mol. The zero-order valence-corrected chi connectivity index (χ0v) is 15.4. The molecule has 0 bridgehead atoms. The number of nitrogens with one attached hydrogen (secondary N) is 1. The van der Waals surface area contributed by atoms with Gasteiger partial charge in [-0.05, 0) is 44.5 Å². The van der Waals surface area contributed by atoms with Crippen molar-refractivity contribution in [2.45, 2.75) is 20.8 Å². The summed E-state index contributed by atoms with van der Waals surface area (Å²) in [5, 5.41) is 14.0. The predicted molar refractivity (Wildman–Crippen MR) is 104 cm³/mol. The Morgan fingerprint density at radius 3 is 2.62 bits per heavy atom. The van der Waals surface area contributed by atoms with Crippen LogP contribution in [0.25, 0.3) is 0 Å². The second-order valence-electron chi connectivity index (χ2n) is 5.76. The third-order valence-corrected chi connectivity index (χ3v) is 3.99. The number of hydrogen-bond donors (Lipinski definition) is 2. The van der Waals surface area contributed by atoms with Crippen LogP contribution in [0.2, 0.25) is 0 Å². The van der Waals surface area contributed by atoms with Crippen molar-refractivity contribution in [1.82, 2.24) is 5.43 Å². The fourth-order valence-corrected chi connectivity index (χ4v) is 2.49. The van der Waals surface area contributed by atoms with Gasteiger partial charge in [0.05, 0.1) is 6.21 Å². The van der Waals surface area contributed by atoms with Crippen molar-refractivity contribution in [3.8, 4) is 11.5 Å². The van der Waals surface area contributed by atoms with E-state index in [0.717, 1.165) is 24.3 Å². The zero-order chi connectivity index (χ0) is 18.9. The molecule has 0 atom stereocenters. The number of hydrogen-bond acceptors (Lipinski definition) is 5. The van der Waals surface area contributed by atoms with E-state index in [-0.39, 0.29) is 18.3 Å². The number of anilines is 1. The first-order chi connectivity index (χ1) is 12.5. The molecular formula is C20H25N3O3. The predicted octanol–water partition coefficient (Wildman–Crippen LogP) is 3.08. The average Bonchev–Trinajstić information content (AvgIpc) is 2.64. The molecule has 0 heterocycles. The molecule has 2 rings (SSSR count). The van der Waals surface area contributed by atoms with Crippen LogP contribution < -0.4 is 15.1 Å². The van der Waals surface area contributed by atoms with E-state index in [1.54, 1.807) is 18.2 Å². The van der Waals surface area contributed by atoms with Gasteiger partial charge in [0.2, 0.25) is 0 Å². The van der Waals surface area contributed by atoms with Gasteiger partial charge in [-0.25, -0.2) is 5.43 Å². The van der Waals surface area contributed by atoms with Crippen LogP contribution >= 0.6 is 0 Å². The third kappa shape index (κ3) is 5.24. The number of para-hydroxylation sites is 1. The molecule has 6 nitrogen and oxygen atoms in total. The lowest BCUT2D eigenvalue weighted by Gasteiger charge is -2.21. The highest BCUT2D eigenvalue weighted by molar-refractivity contribution is 5.86. The highest BCUT2D eigenvalue weighted by atomic mass is 16.5. The van der Waals surface area contributed by atoms with Crippen molar-refractivity contribution in [1.29, 1.82) is 0 Å². The van der Waals surface area contributed by atoms with E-state index >= 15 is 0 Å². The van der Waals surface area contributed by atoms with E-state index < -0.39 is 0 Å². The molecular weight excluding hydrogens is 330 g/mol. The lowest BCUT2D eigenvalue weighted by Crippen LogP contribution is -2.24. The maximum Gasteiger partial charge on any atom is 0.277 e. The number of phenolic OH excluding ortho intramolecular Hbond substituents is 1. The highest BCUT2D eigenvalue weighted by Gasteiger charge is 2.06. The quantitative estimate of drug-likeness (QED) is 0.564. The van der Waals surface area contributed by atoms with Crippen molar-refractivity contribution in [2.24, 2.45) is 5.10 Å². The van der Waals surface area contributed by atoms with Crippen molar-refractivity contribution in [3.63, 3.8) is 0 Å². The molecule has 0 aliphatic carbocycles. The first kappa shape index (κ1) is 19.3. The minimum absolute atomic E-state index is 0.114. The Kier molecular flexibility index (Phi) is 7.02. The lowest BCUT2D eigenvalue weighted by molar-refractivity contribution is -0.123. The maximum absolute atomic E-state index is 11.8. The van der Waals surface area contributed by atoms with Gasteiger partial charge in [-0.1, -0.05) is 18.2 Å². The highest BCUT2D eigenvalue weighted by Crippen LogP contribution is 2.23. The number of carbonyl (C=O) groups excluding carboxylic acids is 1. The Bertz CT molecular complexity index is 771. The summed E-state index contributed by atoms with van der Waals surface area (Å²) in [5.74, 6) is 0.406. The smallest absolute Gasteiger partial charge is 0.277 e. The Balaban J connectivity index is 1.89. The van der Waals surface area contributed by atoms with Crippen LogP contribution in [0.15, 0.2) is 47.6 Å². The number of ether oxygens (including phenoxy) is 1. The molecule has 0 unspecified atom stereocenters. The number of hydrazone groups is 1. The summed E-state index contributed by atoms with van der Waals surface area (Å²) in [4.78, 5) is 13.9. The summed E-state index contributed by atoms with van der Waals surface area (Å²) in [7, 11) is 0. The summed E-state index contributed by atoms with van der Waals surface area (Å²) in [6, 6.07) is 12.8. The fraction of sp³-hybridized carbons (Fsp3) is 0.300. The maximum atomic E-state index is 11.8. The van der Waals surface area contributed by atoms with Gasteiger partial charge in [-0.15, -0.1) is 0 Å². The van der Waals surface area contributed by atoms with Gasteiger partial charge in [-0.3, -0.25) is 4.79 Å². The number of phenols is 1. The van der Waals surface area contributed by atoms with Crippen LogP contribution in [0.1, 0.15) is 25.0 Å². The first-order valence-electron chi connectivity index (χ1n) is 8.63. The number of carbonyl (C=O) groups is 1. The number of aryl methyl sites for hydroxylation is 1. The second-order valence-corrected chi connectivity index (χ2v) is 5.76. The Morgan fingerprint density at radius 1 is 1.23 bits per heavy atom. The monoisotopic (exact) mass is 355 g/mol. The van der Waals surface area contributed by atoms with Crippen LogP contribution in [-0.2, 0) is 4.79 Å². The summed E-state index contributed by atoms with van der Waals surface area (Å²) < 4.78 is 5.45. The molecule has 2 aromatic rings. The number of nitrogens with zero attached hydrogens (tertiary/aromatic N) is 2. The van der Waals surface area contributed by atoms with Crippen LogP contribution in [0, 0.1) is 6.92 Å². The molecule has 0 aromatic heterocycles. The van der Waals surface area contributed by atoms with Gasteiger partial charge in [-0.2, -0.15) is 5.10 Å². The van der Waals surface area contributed by atoms with E-state index in [1.165, 1.54) is 6.21 Å². The molecule has 0 aliphatic heterocycles. The van der Waals surface area contributed by atoms with Crippen LogP contribution in [0.4, 0.5) is 5.69 Å². The molecule has 0 saturated carbocycles. The van der Waals surface area contributed by atoms with Crippen molar-refractivity contribution in [3.05, 3.63) is 53.6 Å². The molecule has 1 amide bonds. The Hall–Kier alpha value is -3.02. The molecule has 0 spiro atoms. The minimum Gasteiger partial charge on any atom is -0.507 e. The molecule has 0 saturated heterocycles. The van der Waals surface area contributed by atoms with Gasteiger partial charge >= 0.3 is 0 Å². The molecule has 138 valence electrons. The first-order valence-corrected chi connectivity index (χ1v) is 8.63. The van der Waals surface area contributed by atoms with Gasteiger partial charge in [0.25, 0.3) is 5.91 Å². The number of benzene rings is 2. The largest absolute Gasteiger partial charge is 0.507 e. The molecule has 6 heteroatoms. The zero-order valence-electron chi connectivity index (χ0n) is 15.4. The molecule has 2 aromatic carbocycles. The molecule has 0 fully saturated rings. The van der Waals surface area contributed by atoms with Crippen LogP contribution in [0.3, 0.4) is 0 Å². The van der Waals surface area contributed by atoms with E-state index in [2.05, 4.69) is 29.3 Å². The Morgan fingerprint density at radius 2 is 1.96 bits per heavy atom. The molecule has 0 radical (unpaired) electrons. The summed E-state index contributed by atoms with van der Waals surface area (Å²) in [6.07, 6.45) is 1.41. The van der Waals surface area contributed by atoms with Gasteiger partial charge in [0.1, 0.15) is 11.5 Å². The van der Waals surface area contributed by atoms with Crippen molar-refractivity contribution >= 4 is 17.8 Å². The second kappa shape index (κ2) is 9.46. The van der Waals surface area contributed by atoms with Gasteiger partial charge < -0.3 is 14.7 Å². The Labute approximate surface area is 154 Å². The SMILES string of the molecule is CCN(CC)c1ccc(C=NNC(=O)COc2ccccc2C)c(O)c1. The minimum atomic E-state index is -0.372. The fourth-order valence-electron chi connectivity index (χ4n) is 2.49. The van der Waals surface area contributed by atoms with Crippen molar-refractivity contribution in [2.75, 3.05) is 24.6 Å². The molecule has 26 heavy (non-hydrogen) atoms. The van der Waals surface area contributed by atoms with E-state index in [0.29, 0.717) is 11.3 Å². The number of aromatic hydroxyl groups is 1. The standard InChI is InChI=1S/C20H25N3O3/c1-4-23(5-2)17-11-10-16(18(24)12-17)13-21-22-20(25)14-26-19-9-7-6-8-15(19)3/h6-13,24H,4-5,14H2,1-3H3,(H,22,25). The van der Waals surface area contributed by atoms with Crippen molar-refractivity contribution < 1.29 is 14.6 Å². The van der Waals surface area contributed by atoms with E-state index in [9.17, 15) is 9.90 Å². The number of amides is 1. The normalized spacial score (nSPS) is 10.7. The summed E-state index contributed by atoms with van der Waals surface area (Å²) in [5.41, 5.74) is 4.83. The summed E-state index contributed by atoms with van der Waals surface area (Å²) >= 11 is 0. The third-order valence-electron chi connectivity index (χ3n) is 3.99. The topological polar surface area (TPSA) is 74.2 Å². The van der Waals surface area contributed by atoms with Gasteiger partial charge in [0, 0.05) is 30.4 Å². The molecule has 2 N–H and O–H groups in total. The lowest BCUT2D eigenvalue weighted by atomic mass is 10.2. The summed E-state index contributed by atoms with van der Waals surface area (Å²) in [6.45, 7) is 7.63. The molecule has 0 aliphatic rings. The number of rotatable bonds is 8. The van der Waals surface area contributed by atoms with Crippen LogP contribution in [0.5, 0.6) is 11.5 Å². The van der Waals surface area contributed by atoms with E-state index in [4.69, 9.17) is 4.74 Å².